The lowest BCUT2D eigenvalue weighted by atomic mass is 9.84. The molecule has 2 aromatic carbocycles. The molecular weight excluding hydrogens is 230 g/mol. The summed E-state index contributed by atoms with van der Waals surface area (Å²) < 4.78 is 0. The van der Waals surface area contributed by atoms with Crippen LogP contribution in [0.1, 0.15) is 36.5 Å². The van der Waals surface area contributed by atoms with Crippen molar-refractivity contribution in [2.24, 2.45) is 0 Å². The number of nitrogen functional groups attached to an aromatic ring is 1. The molecule has 3 rings (SSSR count). The Morgan fingerprint density at radius 3 is 2.68 bits per heavy atom. The molecule has 0 bridgehead atoms. The molecule has 0 heterocycles. The lowest BCUT2D eigenvalue weighted by Gasteiger charge is -2.21. The molecule has 0 saturated heterocycles. The van der Waals surface area contributed by atoms with Crippen LogP contribution in [0.3, 0.4) is 0 Å². The average Bonchev–Trinajstić information content (AvgIpc) is 2.46. The Labute approximate surface area is 115 Å². The molecule has 1 heteroatoms. The van der Waals surface area contributed by atoms with Gasteiger partial charge >= 0.3 is 0 Å². The largest absolute Gasteiger partial charge is 0.399 e. The molecule has 1 aliphatic carbocycles. The fourth-order valence-corrected chi connectivity index (χ4v) is 3.10. The summed E-state index contributed by atoms with van der Waals surface area (Å²) in [5, 5.41) is 0. The van der Waals surface area contributed by atoms with Gasteiger partial charge in [-0.2, -0.15) is 0 Å². The summed E-state index contributed by atoms with van der Waals surface area (Å²) in [6, 6.07) is 13.1. The summed E-state index contributed by atoms with van der Waals surface area (Å²) in [6.07, 6.45) is 6.19. The fourth-order valence-electron chi connectivity index (χ4n) is 3.10. The van der Waals surface area contributed by atoms with E-state index in [-0.39, 0.29) is 0 Å². The van der Waals surface area contributed by atoms with E-state index in [9.17, 15) is 0 Å². The highest BCUT2D eigenvalue weighted by atomic mass is 14.5. The summed E-state index contributed by atoms with van der Waals surface area (Å²) in [5.74, 6) is 0. The number of benzene rings is 2. The summed E-state index contributed by atoms with van der Waals surface area (Å²) in [5.41, 5.74) is 14.0. The van der Waals surface area contributed by atoms with E-state index in [0.29, 0.717) is 0 Å². The standard InChI is InChI=1S/C18H21N/c1-2-13-10-14-6-3-4-9-17(14)18(11-13)15-7-5-8-16(19)12-15/h5,7-8,10-12H,2-4,6,9,19H2,1H3. The molecule has 0 radical (unpaired) electrons. The molecule has 0 spiro atoms. The van der Waals surface area contributed by atoms with E-state index in [1.54, 1.807) is 11.1 Å². The highest BCUT2D eigenvalue weighted by Crippen LogP contribution is 2.33. The van der Waals surface area contributed by atoms with Crippen molar-refractivity contribution in [2.75, 3.05) is 5.73 Å². The number of nitrogens with two attached hydrogens (primary N) is 1. The van der Waals surface area contributed by atoms with Crippen LogP contribution in [0.5, 0.6) is 0 Å². The van der Waals surface area contributed by atoms with Gasteiger partial charge in [-0.1, -0.05) is 31.2 Å². The van der Waals surface area contributed by atoms with Gasteiger partial charge in [0.1, 0.15) is 0 Å². The van der Waals surface area contributed by atoms with Gasteiger partial charge in [0.25, 0.3) is 0 Å². The molecule has 98 valence electrons. The van der Waals surface area contributed by atoms with E-state index in [2.05, 4.69) is 37.3 Å². The normalized spacial score (nSPS) is 14.2. The Hall–Kier alpha value is -1.76. The Balaban J connectivity index is 2.18. The lowest BCUT2D eigenvalue weighted by molar-refractivity contribution is 0.685. The minimum absolute atomic E-state index is 0.851. The van der Waals surface area contributed by atoms with Crippen LogP contribution in [0.2, 0.25) is 0 Å². The first-order chi connectivity index (χ1) is 9.28. The van der Waals surface area contributed by atoms with E-state index in [1.165, 1.54) is 42.4 Å². The van der Waals surface area contributed by atoms with Crippen molar-refractivity contribution in [2.45, 2.75) is 39.0 Å². The number of fused-ring (bicyclic) bond motifs is 1. The van der Waals surface area contributed by atoms with Crippen LogP contribution < -0.4 is 5.73 Å². The van der Waals surface area contributed by atoms with Crippen LogP contribution in [0.15, 0.2) is 36.4 Å². The van der Waals surface area contributed by atoms with Crippen molar-refractivity contribution >= 4 is 5.69 Å². The summed E-state index contributed by atoms with van der Waals surface area (Å²) in [6.45, 7) is 2.23. The second-order valence-electron chi connectivity index (χ2n) is 5.47. The number of aryl methyl sites for hydroxylation is 2. The maximum Gasteiger partial charge on any atom is 0.0320 e. The molecule has 0 aliphatic heterocycles. The van der Waals surface area contributed by atoms with Gasteiger partial charge in [0.2, 0.25) is 0 Å². The summed E-state index contributed by atoms with van der Waals surface area (Å²) in [7, 11) is 0. The van der Waals surface area contributed by atoms with Crippen molar-refractivity contribution < 1.29 is 0 Å². The molecule has 0 atom stereocenters. The van der Waals surface area contributed by atoms with Gasteiger partial charge in [-0.3, -0.25) is 0 Å². The second-order valence-corrected chi connectivity index (χ2v) is 5.47. The third kappa shape index (κ3) is 2.37. The molecule has 2 aromatic rings. The van der Waals surface area contributed by atoms with Crippen LogP contribution >= 0.6 is 0 Å². The minimum atomic E-state index is 0.851. The number of anilines is 1. The molecular formula is C18H21N. The molecule has 0 fully saturated rings. The van der Waals surface area contributed by atoms with Gasteiger partial charge in [0.15, 0.2) is 0 Å². The van der Waals surface area contributed by atoms with Gasteiger partial charge in [-0.05, 0) is 72.1 Å². The highest BCUT2D eigenvalue weighted by molar-refractivity contribution is 5.72. The monoisotopic (exact) mass is 251 g/mol. The summed E-state index contributed by atoms with van der Waals surface area (Å²) >= 11 is 0. The minimum Gasteiger partial charge on any atom is -0.399 e. The maximum atomic E-state index is 5.94. The first kappa shape index (κ1) is 12.3. The van der Waals surface area contributed by atoms with Crippen molar-refractivity contribution in [3.63, 3.8) is 0 Å². The maximum absolute atomic E-state index is 5.94. The second kappa shape index (κ2) is 5.08. The number of rotatable bonds is 2. The molecule has 1 aliphatic rings. The Morgan fingerprint density at radius 2 is 1.89 bits per heavy atom. The van der Waals surface area contributed by atoms with Crippen molar-refractivity contribution in [3.05, 3.63) is 53.1 Å². The lowest BCUT2D eigenvalue weighted by Crippen LogP contribution is -2.06. The van der Waals surface area contributed by atoms with E-state index in [1.807, 2.05) is 6.07 Å². The molecule has 0 aromatic heterocycles. The smallest absolute Gasteiger partial charge is 0.0320 e. The van der Waals surface area contributed by atoms with Gasteiger partial charge < -0.3 is 5.73 Å². The average molecular weight is 251 g/mol. The third-order valence-corrected chi connectivity index (χ3v) is 4.13. The molecule has 1 nitrogen and oxygen atoms in total. The van der Waals surface area contributed by atoms with E-state index < -0.39 is 0 Å². The van der Waals surface area contributed by atoms with Crippen LogP contribution in [0, 0.1) is 0 Å². The van der Waals surface area contributed by atoms with Crippen LogP contribution in [-0.4, -0.2) is 0 Å². The molecule has 0 unspecified atom stereocenters. The molecule has 0 saturated carbocycles. The predicted molar refractivity (Wildman–Crippen MR) is 82.3 cm³/mol. The zero-order valence-electron chi connectivity index (χ0n) is 11.6. The first-order valence-electron chi connectivity index (χ1n) is 7.28. The van der Waals surface area contributed by atoms with Crippen LogP contribution in [-0.2, 0) is 19.3 Å². The zero-order valence-corrected chi connectivity index (χ0v) is 11.6. The van der Waals surface area contributed by atoms with Gasteiger partial charge in [0, 0.05) is 5.69 Å². The predicted octanol–water partition coefficient (Wildman–Crippen LogP) is 4.38. The van der Waals surface area contributed by atoms with Crippen LogP contribution in [0.25, 0.3) is 11.1 Å². The molecule has 0 amide bonds. The van der Waals surface area contributed by atoms with Gasteiger partial charge in [-0.25, -0.2) is 0 Å². The van der Waals surface area contributed by atoms with Crippen molar-refractivity contribution in [1.29, 1.82) is 0 Å². The van der Waals surface area contributed by atoms with Gasteiger partial charge in [-0.15, -0.1) is 0 Å². The first-order valence-corrected chi connectivity index (χ1v) is 7.28. The van der Waals surface area contributed by atoms with Crippen LogP contribution in [0.4, 0.5) is 5.69 Å². The summed E-state index contributed by atoms with van der Waals surface area (Å²) in [4.78, 5) is 0. The fraction of sp³-hybridized carbons (Fsp3) is 0.333. The Morgan fingerprint density at radius 1 is 1.05 bits per heavy atom. The van der Waals surface area contributed by atoms with Gasteiger partial charge in [0.05, 0.1) is 0 Å². The number of hydrogen-bond donors (Lipinski definition) is 1. The SMILES string of the molecule is CCc1cc2c(c(-c3cccc(N)c3)c1)CCCC2. The Kier molecular flexibility index (Phi) is 3.29. The van der Waals surface area contributed by atoms with Crippen molar-refractivity contribution in [1.82, 2.24) is 0 Å². The molecule has 2 N–H and O–H groups in total. The van der Waals surface area contributed by atoms with E-state index >= 15 is 0 Å². The topological polar surface area (TPSA) is 26.0 Å². The Bertz CT molecular complexity index is 599. The van der Waals surface area contributed by atoms with E-state index in [4.69, 9.17) is 5.73 Å². The van der Waals surface area contributed by atoms with Crippen molar-refractivity contribution in [3.8, 4) is 11.1 Å². The third-order valence-electron chi connectivity index (χ3n) is 4.13. The van der Waals surface area contributed by atoms with E-state index in [0.717, 1.165) is 12.1 Å². The zero-order chi connectivity index (χ0) is 13.2. The quantitative estimate of drug-likeness (QED) is 0.788. The molecule has 19 heavy (non-hydrogen) atoms. The highest BCUT2D eigenvalue weighted by Gasteiger charge is 2.15. The number of hydrogen-bond acceptors (Lipinski definition) is 1.